The molecule has 0 saturated heterocycles. The molecule has 14 heavy (non-hydrogen) atoms. The molecule has 0 aliphatic heterocycles. The van der Waals surface area contributed by atoms with Crippen LogP contribution in [0.15, 0.2) is 18.2 Å². The fourth-order valence-corrected chi connectivity index (χ4v) is 1.20. The van der Waals surface area contributed by atoms with Crippen molar-refractivity contribution in [2.45, 2.75) is 6.10 Å². The van der Waals surface area contributed by atoms with Crippen LogP contribution < -0.4 is 5.73 Å². The van der Waals surface area contributed by atoms with Crippen molar-refractivity contribution in [2.24, 2.45) is 5.73 Å². The Kier molecular flexibility index (Phi) is 3.40. The summed E-state index contributed by atoms with van der Waals surface area (Å²) in [6, 6.07) is 4.10. The Labute approximate surface area is 85.3 Å². The molecule has 1 atom stereocenters. The number of nitro groups is 1. The Morgan fingerprint density at radius 2 is 2.29 bits per heavy atom. The van der Waals surface area contributed by atoms with E-state index < -0.39 is 11.0 Å². The molecule has 0 unspecified atom stereocenters. The van der Waals surface area contributed by atoms with Gasteiger partial charge in [0.05, 0.1) is 11.0 Å². The number of hydrogen-bond acceptors (Lipinski definition) is 4. The fourth-order valence-electron chi connectivity index (χ4n) is 1.01. The number of hydrogen-bond donors (Lipinski definition) is 2. The molecule has 6 heteroatoms. The van der Waals surface area contributed by atoms with Gasteiger partial charge in [-0.2, -0.15) is 0 Å². The van der Waals surface area contributed by atoms with Gasteiger partial charge in [0.15, 0.2) is 0 Å². The topological polar surface area (TPSA) is 89.4 Å². The minimum atomic E-state index is -0.897. The number of benzene rings is 1. The average Bonchev–Trinajstić information content (AvgIpc) is 2.17. The molecule has 0 aromatic heterocycles. The minimum Gasteiger partial charge on any atom is -0.387 e. The number of nitrogens with zero attached hydrogens (tertiary/aromatic N) is 1. The molecule has 0 bridgehead atoms. The second-order valence-electron chi connectivity index (χ2n) is 2.72. The van der Waals surface area contributed by atoms with Crippen molar-refractivity contribution < 1.29 is 10.0 Å². The third kappa shape index (κ3) is 2.20. The molecule has 1 aromatic carbocycles. The van der Waals surface area contributed by atoms with Crippen molar-refractivity contribution in [3.63, 3.8) is 0 Å². The molecular weight excluding hydrogens is 208 g/mol. The summed E-state index contributed by atoms with van der Waals surface area (Å²) in [7, 11) is 0. The number of nitro benzene ring substituents is 1. The van der Waals surface area contributed by atoms with Crippen molar-refractivity contribution >= 4 is 17.3 Å². The van der Waals surface area contributed by atoms with E-state index in [9.17, 15) is 15.2 Å². The Morgan fingerprint density at radius 1 is 1.64 bits per heavy atom. The van der Waals surface area contributed by atoms with Gasteiger partial charge in [-0.25, -0.2) is 0 Å². The SMILES string of the molecule is NC[C@H](O)c1ccc(Cl)c([N+](=O)[O-])c1. The molecule has 3 N–H and O–H groups in total. The lowest BCUT2D eigenvalue weighted by molar-refractivity contribution is -0.384. The molecule has 1 rings (SSSR count). The van der Waals surface area contributed by atoms with Crippen LogP contribution >= 0.6 is 11.6 Å². The number of rotatable bonds is 3. The summed E-state index contributed by atoms with van der Waals surface area (Å²) in [5.74, 6) is 0. The summed E-state index contributed by atoms with van der Waals surface area (Å²) < 4.78 is 0. The molecule has 1 aromatic rings. The molecule has 0 radical (unpaired) electrons. The zero-order valence-corrected chi connectivity index (χ0v) is 7.94. The monoisotopic (exact) mass is 216 g/mol. The molecule has 0 heterocycles. The van der Waals surface area contributed by atoms with Gasteiger partial charge in [-0.3, -0.25) is 10.1 Å². The van der Waals surface area contributed by atoms with E-state index in [0.29, 0.717) is 5.56 Å². The van der Waals surface area contributed by atoms with E-state index in [1.54, 1.807) is 0 Å². The third-order valence-electron chi connectivity index (χ3n) is 1.77. The Morgan fingerprint density at radius 3 is 2.79 bits per heavy atom. The van der Waals surface area contributed by atoms with E-state index in [0.717, 1.165) is 0 Å². The van der Waals surface area contributed by atoms with E-state index in [-0.39, 0.29) is 17.3 Å². The van der Waals surface area contributed by atoms with Crippen molar-refractivity contribution in [1.82, 2.24) is 0 Å². The zero-order chi connectivity index (χ0) is 10.7. The Bertz CT molecular complexity index is 356. The predicted octanol–water partition coefficient (Wildman–Crippen LogP) is 1.24. The highest BCUT2D eigenvalue weighted by Crippen LogP contribution is 2.27. The van der Waals surface area contributed by atoms with Crippen LogP contribution in [-0.4, -0.2) is 16.6 Å². The number of aliphatic hydroxyl groups is 1. The van der Waals surface area contributed by atoms with E-state index in [1.807, 2.05) is 0 Å². The fraction of sp³-hybridized carbons (Fsp3) is 0.250. The summed E-state index contributed by atoms with van der Waals surface area (Å²) in [5.41, 5.74) is 5.38. The van der Waals surface area contributed by atoms with Gasteiger partial charge in [-0.15, -0.1) is 0 Å². The van der Waals surface area contributed by atoms with Gasteiger partial charge < -0.3 is 10.8 Å². The second kappa shape index (κ2) is 4.36. The first-order chi connectivity index (χ1) is 6.56. The van der Waals surface area contributed by atoms with Crippen molar-refractivity contribution in [3.05, 3.63) is 38.9 Å². The maximum atomic E-state index is 10.5. The standard InChI is InChI=1S/C8H9ClN2O3/c9-6-2-1-5(8(12)4-10)3-7(6)11(13)14/h1-3,8,12H,4,10H2/t8-/m0/s1. The van der Waals surface area contributed by atoms with Gasteiger partial charge in [-0.05, 0) is 11.6 Å². The maximum Gasteiger partial charge on any atom is 0.288 e. The smallest absolute Gasteiger partial charge is 0.288 e. The largest absolute Gasteiger partial charge is 0.387 e. The van der Waals surface area contributed by atoms with Crippen LogP contribution in [0, 0.1) is 10.1 Å². The van der Waals surface area contributed by atoms with Crippen LogP contribution in [-0.2, 0) is 0 Å². The summed E-state index contributed by atoms with van der Waals surface area (Å²) in [5, 5.41) is 19.9. The summed E-state index contributed by atoms with van der Waals surface area (Å²) >= 11 is 5.58. The van der Waals surface area contributed by atoms with Crippen LogP contribution in [0.5, 0.6) is 0 Å². The lowest BCUT2D eigenvalue weighted by Crippen LogP contribution is -2.11. The van der Waals surface area contributed by atoms with E-state index >= 15 is 0 Å². The highest BCUT2D eigenvalue weighted by molar-refractivity contribution is 6.32. The van der Waals surface area contributed by atoms with Gasteiger partial charge in [0.2, 0.25) is 0 Å². The molecule has 0 saturated carbocycles. The van der Waals surface area contributed by atoms with Gasteiger partial charge in [-0.1, -0.05) is 17.7 Å². The number of halogens is 1. The van der Waals surface area contributed by atoms with Crippen molar-refractivity contribution in [1.29, 1.82) is 0 Å². The van der Waals surface area contributed by atoms with Crippen molar-refractivity contribution in [2.75, 3.05) is 6.54 Å². The molecule has 0 aliphatic rings. The first-order valence-electron chi connectivity index (χ1n) is 3.88. The zero-order valence-electron chi connectivity index (χ0n) is 7.18. The molecule has 5 nitrogen and oxygen atoms in total. The van der Waals surface area contributed by atoms with Gasteiger partial charge >= 0.3 is 0 Å². The van der Waals surface area contributed by atoms with Gasteiger partial charge in [0.25, 0.3) is 5.69 Å². The number of nitrogens with two attached hydrogens (primary N) is 1. The second-order valence-corrected chi connectivity index (χ2v) is 3.13. The summed E-state index contributed by atoms with van der Waals surface area (Å²) in [6.45, 7) is 0.0127. The third-order valence-corrected chi connectivity index (χ3v) is 2.09. The van der Waals surface area contributed by atoms with Crippen LogP contribution in [0.2, 0.25) is 5.02 Å². The summed E-state index contributed by atoms with van der Waals surface area (Å²) in [6.07, 6.45) is -0.897. The molecule has 76 valence electrons. The van der Waals surface area contributed by atoms with Crippen LogP contribution in [0.4, 0.5) is 5.69 Å². The maximum absolute atomic E-state index is 10.5. The van der Waals surface area contributed by atoms with E-state index in [1.165, 1.54) is 18.2 Å². The summed E-state index contributed by atoms with van der Waals surface area (Å²) in [4.78, 5) is 9.89. The van der Waals surface area contributed by atoms with Crippen LogP contribution in [0.1, 0.15) is 11.7 Å². The van der Waals surface area contributed by atoms with Gasteiger partial charge in [0, 0.05) is 12.6 Å². The van der Waals surface area contributed by atoms with Crippen molar-refractivity contribution in [3.8, 4) is 0 Å². The normalized spacial score (nSPS) is 12.5. The highest BCUT2D eigenvalue weighted by Gasteiger charge is 2.15. The highest BCUT2D eigenvalue weighted by atomic mass is 35.5. The lowest BCUT2D eigenvalue weighted by atomic mass is 10.1. The van der Waals surface area contributed by atoms with Crippen LogP contribution in [0.3, 0.4) is 0 Å². The average molecular weight is 217 g/mol. The molecule has 0 aliphatic carbocycles. The first kappa shape index (κ1) is 10.9. The first-order valence-corrected chi connectivity index (χ1v) is 4.26. The van der Waals surface area contributed by atoms with E-state index in [2.05, 4.69) is 0 Å². The van der Waals surface area contributed by atoms with Crippen LogP contribution in [0.25, 0.3) is 0 Å². The van der Waals surface area contributed by atoms with E-state index in [4.69, 9.17) is 17.3 Å². The molecule has 0 fully saturated rings. The number of aliphatic hydroxyl groups excluding tert-OH is 1. The quantitative estimate of drug-likeness (QED) is 0.588. The van der Waals surface area contributed by atoms with Gasteiger partial charge in [0.1, 0.15) is 5.02 Å². The molecule has 0 amide bonds. The Hall–Kier alpha value is -1.17. The Balaban J connectivity index is 3.12. The molecule has 0 spiro atoms. The lowest BCUT2D eigenvalue weighted by Gasteiger charge is -2.07. The minimum absolute atomic E-state index is 0.0127. The molecular formula is C8H9ClN2O3. The predicted molar refractivity (Wildman–Crippen MR) is 52.1 cm³/mol.